The van der Waals surface area contributed by atoms with Gasteiger partial charge in [0.2, 0.25) is 0 Å². The molecule has 0 atom stereocenters. The summed E-state index contributed by atoms with van der Waals surface area (Å²) in [5.74, 6) is -0.979. The van der Waals surface area contributed by atoms with E-state index >= 15 is 0 Å². The molecule has 1 rings (SSSR count). The van der Waals surface area contributed by atoms with Crippen LogP contribution < -0.4 is 5.73 Å². The molecule has 0 heterocycles. The van der Waals surface area contributed by atoms with E-state index in [1.807, 2.05) is 0 Å². The van der Waals surface area contributed by atoms with Crippen molar-refractivity contribution in [1.82, 2.24) is 0 Å². The van der Waals surface area contributed by atoms with E-state index in [4.69, 9.17) is 23.1 Å². The monoisotopic (exact) mass is 181 g/mol. The van der Waals surface area contributed by atoms with E-state index in [-0.39, 0.29) is 10.6 Å². The minimum absolute atomic E-state index is 0.195. The molecule has 0 aliphatic rings. The second-order valence-electron chi connectivity index (χ2n) is 2.25. The van der Waals surface area contributed by atoms with E-state index in [0.717, 1.165) is 0 Å². The van der Waals surface area contributed by atoms with Gasteiger partial charge in [0.05, 0.1) is 5.56 Å². The molecule has 0 aliphatic carbocycles. The zero-order chi connectivity index (χ0) is 9.14. The molecule has 12 heavy (non-hydrogen) atoms. The number of benzene rings is 1. The lowest BCUT2D eigenvalue weighted by molar-refractivity contribution is 0.0697. The Bertz CT molecular complexity index is 306. The average Bonchev–Trinajstić information content (AvgIpc) is 2.04. The fraction of sp³-hybridized carbons (Fsp3) is 0. The van der Waals surface area contributed by atoms with Crippen molar-refractivity contribution in [2.75, 3.05) is 0 Å². The molecule has 1 aromatic carbocycles. The van der Waals surface area contributed by atoms with E-state index in [0.29, 0.717) is 5.56 Å². The fourth-order valence-electron chi connectivity index (χ4n) is 0.805. The highest BCUT2D eigenvalue weighted by molar-refractivity contribution is 7.80. The zero-order valence-electron chi connectivity index (χ0n) is 6.15. The molecule has 4 heteroatoms. The van der Waals surface area contributed by atoms with Crippen molar-refractivity contribution in [3.63, 3.8) is 0 Å². The molecule has 0 saturated carbocycles. The Balaban J connectivity index is 3.12. The first kappa shape index (κ1) is 8.67. The standard InChI is InChI=1S/C8H7NO2S/c9-7(12)5-2-1-3-6(4-5)8(10)11/h1-4H,(H2,9,12)(H,10,11). The van der Waals surface area contributed by atoms with Crippen molar-refractivity contribution < 1.29 is 9.90 Å². The van der Waals surface area contributed by atoms with Gasteiger partial charge in [-0.3, -0.25) is 0 Å². The van der Waals surface area contributed by atoms with Crippen LogP contribution in [0.5, 0.6) is 0 Å². The topological polar surface area (TPSA) is 63.3 Å². The van der Waals surface area contributed by atoms with Gasteiger partial charge in [-0.15, -0.1) is 0 Å². The maximum Gasteiger partial charge on any atom is 0.335 e. The third-order valence-electron chi connectivity index (χ3n) is 1.39. The molecule has 0 aliphatic heterocycles. The molecule has 0 aromatic heterocycles. The van der Waals surface area contributed by atoms with Crippen molar-refractivity contribution in [3.05, 3.63) is 35.4 Å². The van der Waals surface area contributed by atoms with Gasteiger partial charge in [0, 0.05) is 5.56 Å². The van der Waals surface area contributed by atoms with Gasteiger partial charge in [0.1, 0.15) is 4.99 Å². The molecule has 1 aromatic rings. The van der Waals surface area contributed by atoms with Crippen LogP contribution in [0.3, 0.4) is 0 Å². The largest absolute Gasteiger partial charge is 0.478 e. The third-order valence-corrected chi connectivity index (χ3v) is 1.63. The van der Waals surface area contributed by atoms with Gasteiger partial charge in [-0.05, 0) is 12.1 Å². The Hall–Kier alpha value is -1.42. The molecule has 3 N–H and O–H groups in total. The van der Waals surface area contributed by atoms with Gasteiger partial charge in [0.25, 0.3) is 0 Å². The van der Waals surface area contributed by atoms with Gasteiger partial charge in [0.15, 0.2) is 0 Å². The van der Waals surface area contributed by atoms with Crippen LogP contribution >= 0.6 is 12.2 Å². The number of carboxylic acid groups (broad SMARTS) is 1. The fourth-order valence-corrected chi connectivity index (χ4v) is 0.932. The van der Waals surface area contributed by atoms with Gasteiger partial charge >= 0.3 is 5.97 Å². The number of carbonyl (C=O) groups is 1. The van der Waals surface area contributed by atoms with Crippen LogP contribution in [-0.4, -0.2) is 16.1 Å². The smallest absolute Gasteiger partial charge is 0.335 e. The van der Waals surface area contributed by atoms with Crippen LogP contribution in [0.4, 0.5) is 0 Å². The van der Waals surface area contributed by atoms with E-state index in [1.165, 1.54) is 12.1 Å². The van der Waals surface area contributed by atoms with Crippen LogP contribution in [0.2, 0.25) is 0 Å². The molecule has 0 spiro atoms. The Kier molecular flexibility index (Phi) is 2.40. The number of hydrogen-bond acceptors (Lipinski definition) is 2. The van der Waals surface area contributed by atoms with Gasteiger partial charge in [-0.25, -0.2) is 4.79 Å². The normalized spacial score (nSPS) is 9.33. The van der Waals surface area contributed by atoms with E-state index in [2.05, 4.69) is 0 Å². The lowest BCUT2D eigenvalue weighted by atomic mass is 10.1. The van der Waals surface area contributed by atoms with Crippen LogP contribution in [0.1, 0.15) is 15.9 Å². The first-order valence-corrected chi connectivity index (χ1v) is 3.65. The summed E-state index contributed by atoms with van der Waals surface area (Å²) in [5, 5.41) is 8.61. The van der Waals surface area contributed by atoms with Crippen molar-refractivity contribution in [1.29, 1.82) is 0 Å². The van der Waals surface area contributed by atoms with Gasteiger partial charge < -0.3 is 10.8 Å². The summed E-state index contributed by atoms with van der Waals surface area (Å²) >= 11 is 4.69. The molecule has 0 amide bonds. The van der Waals surface area contributed by atoms with Crippen molar-refractivity contribution in [3.8, 4) is 0 Å². The Labute approximate surface area is 74.8 Å². The van der Waals surface area contributed by atoms with Gasteiger partial charge in [-0.1, -0.05) is 24.4 Å². The SMILES string of the molecule is NC(=S)c1cccc(C(=O)O)c1. The van der Waals surface area contributed by atoms with Crippen LogP contribution in [0, 0.1) is 0 Å². The predicted molar refractivity (Wildman–Crippen MR) is 49.3 cm³/mol. The number of rotatable bonds is 2. The highest BCUT2D eigenvalue weighted by atomic mass is 32.1. The van der Waals surface area contributed by atoms with E-state index < -0.39 is 5.97 Å². The molecule has 3 nitrogen and oxygen atoms in total. The number of carboxylic acids is 1. The van der Waals surface area contributed by atoms with Crippen molar-refractivity contribution in [2.24, 2.45) is 5.73 Å². The molecule has 0 saturated heterocycles. The summed E-state index contributed by atoms with van der Waals surface area (Å²) in [6.45, 7) is 0. The lowest BCUT2D eigenvalue weighted by Gasteiger charge is -1.98. The maximum atomic E-state index is 10.5. The average molecular weight is 181 g/mol. The van der Waals surface area contributed by atoms with Crippen LogP contribution in [0.15, 0.2) is 24.3 Å². The quantitative estimate of drug-likeness (QED) is 0.668. The number of aromatic carboxylic acids is 1. The molecule has 0 fully saturated rings. The zero-order valence-corrected chi connectivity index (χ0v) is 6.97. The second kappa shape index (κ2) is 3.32. The number of hydrogen-bond donors (Lipinski definition) is 2. The minimum atomic E-state index is -0.979. The third kappa shape index (κ3) is 1.79. The van der Waals surface area contributed by atoms with E-state index in [9.17, 15) is 4.79 Å². The molecule has 0 unspecified atom stereocenters. The first-order valence-electron chi connectivity index (χ1n) is 3.24. The van der Waals surface area contributed by atoms with Crippen LogP contribution in [0.25, 0.3) is 0 Å². The molecular formula is C8H7NO2S. The lowest BCUT2D eigenvalue weighted by Crippen LogP contribution is -2.10. The van der Waals surface area contributed by atoms with Gasteiger partial charge in [-0.2, -0.15) is 0 Å². The molecule has 0 radical (unpaired) electrons. The summed E-state index contributed by atoms with van der Waals surface area (Å²) in [6, 6.07) is 6.22. The first-order chi connectivity index (χ1) is 5.61. The summed E-state index contributed by atoms with van der Waals surface area (Å²) in [5.41, 5.74) is 6.09. The maximum absolute atomic E-state index is 10.5. The Morgan fingerprint density at radius 2 is 2.00 bits per heavy atom. The minimum Gasteiger partial charge on any atom is -0.478 e. The highest BCUT2D eigenvalue weighted by Gasteiger charge is 2.03. The molecule has 62 valence electrons. The Morgan fingerprint density at radius 1 is 1.42 bits per heavy atom. The molecule has 0 bridgehead atoms. The summed E-state index contributed by atoms with van der Waals surface area (Å²) in [7, 11) is 0. The summed E-state index contributed by atoms with van der Waals surface area (Å²) in [4.78, 5) is 10.7. The summed E-state index contributed by atoms with van der Waals surface area (Å²) < 4.78 is 0. The predicted octanol–water partition coefficient (Wildman–Crippen LogP) is 1.02. The van der Waals surface area contributed by atoms with Crippen LogP contribution in [-0.2, 0) is 0 Å². The highest BCUT2D eigenvalue weighted by Crippen LogP contribution is 2.04. The Morgan fingerprint density at radius 3 is 2.50 bits per heavy atom. The van der Waals surface area contributed by atoms with Crippen molar-refractivity contribution in [2.45, 2.75) is 0 Å². The molecular weight excluding hydrogens is 174 g/mol. The second-order valence-corrected chi connectivity index (χ2v) is 2.69. The van der Waals surface area contributed by atoms with Crippen molar-refractivity contribution >= 4 is 23.2 Å². The summed E-state index contributed by atoms with van der Waals surface area (Å²) in [6.07, 6.45) is 0. The number of nitrogens with two attached hydrogens (primary N) is 1. The number of thiocarbonyl (C=S) groups is 1. The van der Waals surface area contributed by atoms with E-state index in [1.54, 1.807) is 12.1 Å².